The smallest absolute Gasteiger partial charge is 0.133 e. The largest absolute Gasteiger partial charge is 0.393 e. The zero-order chi connectivity index (χ0) is 20.9. The first-order valence-electron chi connectivity index (χ1n) is 11.7. The van der Waals surface area contributed by atoms with Crippen LogP contribution in [0, 0.1) is 28.6 Å². The van der Waals surface area contributed by atoms with E-state index in [1.165, 1.54) is 29.7 Å². The lowest BCUT2D eigenvalue weighted by Crippen LogP contribution is -2.50. The molecule has 4 heteroatoms. The second kappa shape index (κ2) is 8.08. The topological polar surface area (TPSA) is 37.3 Å². The molecular weight excluding hydrogens is 456 g/mol. The van der Waals surface area contributed by atoms with Crippen LogP contribution in [0.25, 0.3) is 0 Å². The first kappa shape index (κ1) is 21.3. The van der Waals surface area contributed by atoms with Crippen LogP contribution >= 0.6 is 27.7 Å². The van der Waals surface area contributed by atoms with Crippen LogP contribution in [-0.4, -0.2) is 22.7 Å². The molecule has 1 N–H and O–H groups in total. The summed E-state index contributed by atoms with van der Waals surface area (Å²) in [6.07, 6.45) is 11.7. The minimum atomic E-state index is -0.146. The molecule has 1 aromatic rings. The second-order valence-corrected chi connectivity index (χ2v) is 12.6. The van der Waals surface area contributed by atoms with Crippen LogP contribution in [0.3, 0.4) is 0 Å². The number of fused-ring (bicyclic) bond motifs is 5. The van der Waals surface area contributed by atoms with Gasteiger partial charge in [-0.15, -0.1) is 11.8 Å². The van der Waals surface area contributed by atoms with Gasteiger partial charge in [-0.1, -0.05) is 34.5 Å². The number of hydrogen-bond donors (Lipinski definition) is 1. The predicted molar refractivity (Wildman–Crippen MR) is 127 cm³/mol. The van der Waals surface area contributed by atoms with Crippen molar-refractivity contribution >= 4 is 33.5 Å². The van der Waals surface area contributed by atoms with E-state index in [9.17, 15) is 9.90 Å². The third kappa shape index (κ3) is 3.65. The molecule has 2 nitrogen and oxygen atoms in total. The Morgan fingerprint density at radius 1 is 1.13 bits per heavy atom. The van der Waals surface area contributed by atoms with Gasteiger partial charge in [-0.3, -0.25) is 4.79 Å². The van der Waals surface area contributed by atoms with E-state index in [-0.39, 0.29) is 16.9 Å². The average Bonchev–Trinajstić information content (AvgIpc) is 3.06. The molecule has 162 valence electrons. The average molecular weight is 490 g/mol. The minimum absolute atomic E-state index is 0.146. The van der Waals surface area contributed by atoms with Gasteiger partial charge in [0.25, 0.3) is 0 Å². The lowest BCUT2D eigenvalue weighted by molar-refractivity contribution is -0.118. The highest BCUT2D eigenvalue weighted by molar-refractivity contribution is 9.10. The molecular formula is C26H33BrO2S. The van der Waals surface area contributed by atoms with E-state index in [0.717, 1.165) is 48.8 Å². The van der Waals surface area contributed by atoms with Crippen molar-refractivity contribution < 1.29 is 9.90 Å². The maximum atomic E-state index is 12.7. The molecule has 0 radical (unpaired) electrons. The number of halogens is 1. The molecule has 0 aliphatic heterocycles. The van der Waals surface area contributed by atoms with Crippen molar-refractivity contribution in [1.29, 1.82) is 0 Å². The molecule has 5 rings (SSSR count). The van der Waals surface area contributed by atoms with E-state index in [2.05, 4.69) is 53.2 Å². The Morgan fingerprint density at radius 3 is 2.73 bits per heavy atom. The van der Waals surface area contributed by atoms with Gasteiger partial charge in [0.05, 0.1) is 6.10 Å². The Hall–Kier alpha value is -0.580. The first-order valence-corrected chi connectivity index (χ1v) is 13.5. The Kier molecular flexibility index (Phi) is 5.73. The van der Waals surface area contributed by atoms with Crippen molar-refractivity contribution in [3.05, 3.63) is 40.4 Å². The summed E-state index contributed by atoms with van der Waals surface area (Å²) in [7, 11) is 0. The van der Waals surface area contributed by atoms with Crippen LogP contribution in [0.1, 0.15) is 64.7 Å². The quantitative estimate of drug-likeness (QED) is 0.373. The van der Waals surface area contributed by atoms with Crippen molar-refractivity contribution in [3.63, 3.8) is 0 Å². The van der Waals surface area contributed by atoms with E-state index >= 15 is 0 Å². The van der Waals surface area contributed by atoms with E-state index in [4.69, 9.17) is 0 Å². The van der Waals surface area contributed by atoms with Crippen LogP contribution in [0.2, 0.25) is 0 Å². The van der Waals surface area contributed by atoms with Gasteiger partial charge in [0, 0.05) is 22.2 Å². The number of thioether (sulfide) groups is 1. The van der Waals surface area contributed by atoms with E-state index < -0.39 is 0 Å². The maximum absolute atomic E-state index is 12.7. The number of carbonyl (C=O) groups excluding carboxylic acids is 1. The molecule has 3 saturated carbocycles. The predicted octanol–water partition coefficient (Wildman–Crippen LogP) is 6.80. The van der Waals surface area contributed by atoms with Gasteiger partial charge >= 0.3 is 0 Å². The van der Waals surface area contributed by atoms with Gasteiger partial charge in [0.2, 0.25) is 0 Å². The summed E-state index contributed by atoms with van der Waals surface area (Å²) < 4.78 is 1.12. The highest BCUT2D eigenvalue weighted by Gasteiger charge is 2.58. The molecule has 6 atom stereocenters. The lowest BCUT2D eigenvalue weighted by atomic mass is 9.47. The Bertz CT molecular complexity index is 849. The molecule has 0 heterocycles. The summed E-state index contributed by atoms with van der Waals surface area (Å²) in [5.74, 6) is 3.54. The Balaban J connectivity index is 1.33. The number of allylic oxidation sites excluding steroid dienone is 1. The number of ketones is 1. The number of aliphatic hydroxyl groups excluding tert-OH is 1. The van der Waals surface area contributed by atoms with Crippen molar-refractivity contribution in [2.75, 3.05) is 5.75 Å². The zero-order valence-electron chi connectivity index (χ0n) is 17.9. The third-order valence-electron chi connectivity index (χ3n) is 9.09. The van der Waals surface area contributed by atoms with Gasteiger partial charge in [-0.05, 0) is 104 Å². The summed E-state index contributed by atoms with van der Waals surface area (Å²) in [6, 6.07) is 8.60. The molecule has 0 saturated heterocycles. The summed E-state index contributed by atoms with van der Waals surface area (Å²) in [5, 5.41) is 10.2. The molecule has 1 aromatic carbocycles. The maximum Gasteiger partial charge on any atom is 0.133 e. The summed E-state index contributed by atoms with van der Waals surface area (Å²) in [6.45, 7) is 2.47. The molecule has 30 heavy (non-hydrogen) atoms. The van der Waals surface area contributed by atoms with Gasteiger partial charge in [0.15, 0.2) is 0 Å². The van der Waals surface area contributed by atoms with Crippen LogP contribution in [0.5, 0.6) is 0 Å². The minimum Gasteiger partial charge on any atom is -0.393 e. The summed E-state index contributed by atoms with van der Waals surface area (Å²) in [4.78, 5) is 14.0. The number of carbonyl (C=O) groups is 1. The monoisotopic (exact) mass is 488 g/mol. The fraction of sp³-hybridized carbons (Fsp3) is 0.654. The normalized spacial score (nSPS) is 40.4. The van der Waals surface area contributed by atoms with E-state index in [1.807, 2.05) is 11.8 Å². The molecule has 0 aromatic heterocycles. The van der Waals surface area contributed by atoms with E-state index in [1.54, 1.807) is 0 Å². The highest BCUT2D eigenvalue weighted by atomic mass is 79.9. The Morgan fingerprint density at radius 2 is 1.93 bits per heavy atom. The Labute approximate surface area is 193 Å². The molecule has 4 aliphatic carbocycles. The van der Waals surface area contributed by atoms with Crippen molar-refractivity contribution in [2.24, 2.45) is 28.6 Å². The molecule has 0 unspecified atom stereocenters. The number of benzene rings is 1. The van der Waals surface area contributed by atoms with Crippen LogP contribution in [-0.2, 0) is 4.79 Å². The van der Waals surface area contributed by atoms with Crippen molar-refractivity contribution in [2.45, 2.75) is 75.7 Å². The fourth-order valence-electron chi connectivity index (χ4n) is 7.53. The first-order chi connectivity index (χ1) is 14.4. The van der Waals surface area contributed by atoms with Gasteiger partial charge in [0.1, 0.15) is 5.78 Å². The second-order valence-electron chi connectivity index (χ2n) is 10.5. The number of hydrogen-bond acceptors (Lipinski definition) is 3. The standard InChI is InChI=1S/C26H33BrO2S/c1-25-10-8-19(28)14-17(25)2-7-22-23(25)9-11-26(16-20(29)15-24(22)26)12-13-30-21-5-3-18(27)4-6-21/h2-6,19,22-24,28H,7-16H2,1H3/t19-,22+,23-,24-,25-,26-/m0/s1. The SMILES string of the molecule is C[C@]12CC[C@H](O)CC1=CC[C@H]1[C@@H]3CC(=O)C[C@@]3(CCSc3ccc(Br)cc3)CC[C@@H]12. The van der Waals surface area contributed by atoms with Gasteiger partial charge in [-0.2, -0.15) is 0 Å². The lowest BCUT2D eigenvalue weighted by Gasteiger charge is -2.57. The molecule has 4 aliphatic rings. The molecule has 0 spiro atoms. The number of aliphatic hydroxyl groups is 1. The third-order valence-corrected chi connectivity index (χ3v) is 10.6. The van der Waals surface area contributed by atoms with Crippen molar-refractivity contribution in [1.82, 2.24) is 0 Å². The van der Waals surface area contributed by atoms with Gasteiger partial charge in [-0.25, -0.2) is 0 Å². The molecule has 3 fully saturated rings. The van der Waals surface area contributed by atoms with Crippen LogP contribution < -0.4 is 0 Å². The van der Waals surface area contributed by atoms with Gasteiger partial charge < -0.3 is 5.11 Å². The molecule has 0 amide bonds. The molecule has 0 bridgehead atoms. The highest BCUT2D eigenvalue weighted by Crippen LogP contribution is 2.65. The summed E-state index contributed by atoms with van der Waals surface area (Å²) in [5.41, 5.74) is 2.01. The van der Waals surface area contributed by atoms with E-state index in [0.29, 0.717) is 23.5 Å². The van der Waals surface area contributed by atoms with Crippen LogP contribution in [0.4, 0.5) is 0 Å². The summed E-state index contributed by atoms with van der Waals surface area (Å²) >= 11 is 5.46. The number of rotatable bonds is 4. The van der Waals surface area contributed by atoms with Crippen molar-refractivity contribution in [3.8, 4) is 0 Å². The van der Waals surface area contributed by atoms with Crippen LogP contribution in [0.15, 0.2) is 45.3 Å². The number of Topliss-reactive ketones (excluding diaryl/α,β-unsaturated/α-hetero) is 1. The zero-order valence-corrected chi connectivity index (χ0v) is 20.3. The fourth-order valence-corrected chi connectivity index (χ4v) is 8.87.